The summed E-state index contributed by atoms with van der Waals surface area (Å²) in [5, 5.41) is 50.0. The van der Waals surface area contributed by atoms with E-state index in [-0.39, 0.29) is 40.9 Å². The van der Waals surface area contributed by atoms with Crippen molar-refractivity contribution in [3.63, 3.8) is 0 Å². The molecule has 0 fully saturated rings. The lowest BCUT2D eigenvalue weighted by atomic mass is 9.83. The standard InChI is InChI=1S/C31H36N2OS.C26H34N2S.2C24H30N2S.C21H20O3/c1-4-6-10-23-14-18-25(19-15-23)30(32-26-20-16-24(17-21-26)11-7-5-2)31-33-28(22-35-31)27-12-8-9-13-29(27)34-3;1-4-7-9-21-12-16-23(17-13-21)25(27-18-8-5-2)26-28-24(19-29-26)22-14-10-20(6-3)11-15-22;1-3-5-10-19-13-15-20(16-14-19)23(25-17-6-4-2)22-18-27-24(26-22)21-11-8-7-9-12-21;1-3-5-7-19-9-13-21(14-10-19)23(24-25-17-18-27-24)26-22-15-11-20(12-16-22)8-6-4-2;1-21(2,3)14-11-17(19(22)18(12-14)20(23)24)16-10-6-8-13-7-4-5-9-15(13)16/h8-9,12-22,30,32H,4-7,10-11H2,1-3H3;10-17,19,25,27H,4-9,18H2,1-3H3;7-9,11-16,18,23,25H,3-6,10,17H2,1-2H3;9-18,23,26H,3-8H2,1-2H3;4-12,22H,1-3H3,(H,23,24). The third-order valence-corrected chi connectivity index (χ3v) is 29.4. The molecule has 0 radical (unpaired) electrons. The number of ether oxygens (including phenoxy) is 1. The van der Waals surface area contributed by atoms with Crippen LogP contribution in [0.3, 0.4) is 0 Å². The molecule has 6 N–H and O–H groups in total. The van der Waals surface area contributed by atoms with Gasteiger partial charge in [-0.25, -0.2) is 24.7 Å². The second-order valence-corrected chi connectivity index (χ2v) is 41.4. The summed E-state index contributed by atoms with van der Waals surface area (Å²) in [7, 11) is 1.71. The van der Waals surface area contributed by atoms with E-state index in [0.717, 1.165) is 127 Å². The van der Waals surface area contributed by atoms with Crippen LogP contribution >= 0.6 is 45.3 Å². The number of aromatic nitrogens is 4. The molecule has 4 heterocycles. The number of carbonyl (C=O) groups is 1. The molecule has 0 aliphatic heterocycles. The van der Waals surface area contributed by atoms with Crippen molar-refractivity contribution in [1.29, 1.82) is 0 Å². The van der Waals surface area contributed by atoms with Gasteiger partial charge in [-0.15, -0.1) is 45.3 Å². The fourth-order valence-electron chi connectivity index (χ4n) is 17.1. The lowest BCUT2D eigenvalue weighted by molar-refractivity contribution is 0.0693. The van der Waals surface area contributed by atoms with Gasteiger partial charge in [-0.2, -0.15) is 0 Å². The minimum atomic E-state index is -1.12. The predicted octanol–water partition coefficient (Wildman–Crippen LogP) is 34.8. The SMILES string of the molecule is CC(C)(C)c1cc(C(=O)O)c(O)c(-c2cccc3ccccc23)c1.CCCCNC(c1ccc(CCCC)cc1)c1csc(-c2ccccc2)n1.CCCCNC(c1ccc(CCCC)cc1)c1nc(-c2ccc(CC)cc2)cs1.CCCCc1ccc(NC(c2ccc(CCCC)cc2)c2nc(-c3ccccc3OC)cs2)cc1.CCCCc1ccc(NC(c2ccc(CCCC)cc2)c2nccs2)cc1. The zero-order valence-electron chi connectivity index (χ0n) is 86.1. The van der Waals surface area contributed by atoms with Gasteiger partial charge in [0.05, 0.1) is 36.3 Å². The molecule has 0 aliphatic carbocycles. The van der Waals surface area contributed by atoms with Crippen LogP contribution in [0.25, 0.3) is 55.0 Å². The summed E-state index contributed by atoms with van der Waals surface area (Å²) in [6.07, 6.45) is 29.5. The van der Waals surface area contributed by atoms with Gasteiger partial charge in [0.15, 0.2) is 0 Å². The minimum Gasteiger partial charge on any atom is -0.506 e. The van der Waals surface area contributed by atoms with Crippen LogP contribution < -0.4 is 26.0 Å². The molecule has 12 nitrogen and oxygen atoms in total. The van der Waals surface area contributed by atoms with Crippen molar-refractivity contribution in [2.75, 3.05) is 30.8 Å². The van der Waals surface area contributed by atoms with Crippen molar-refractivity contribution in [2.24, 2.45) is 0 Å². The lowest BCUT2D eigenvalue weighted by Gasteiger charge is -2.22. The maximum absolute atomic E-state index is 11.6. The highest BCUT2D eigenvalue weighted by molar-refractivity contribution is 7.13. The quantitative estimate of drug-likeness (QED) is 0.0200. The molecule has 0 amide bonds. The molecule has 16 heteroatoms. The molecular formula is C126H150N8O4S4. The van der Waals surface area contributed by atoms with E-state index in [9.17, 15) is 15.0 Å². The number of aromatic hydroxyl groups is 1. The van der Waals surface area contributed by atoms with E-state index in [1.807, 2.05) is 105 Å². The van der Waals surface area contributed by atoms with Crippen LogP contribution in [0.2, 0.25) is 0 Å². The van der Waals surface area contributed by atoms with E-state index in [2.05, 4.69) is 305 Å². The fourth-order valence-corrected chi connectivity index (χ4v) is 20.5. The van der Waals surface area contributed by atoms with Crippen LogP contribution in [0.5, 0.6) is 11.5 Å². The van der Waals surface area contributed by atoms with E-state index in [4.69, 9.17) is 19.7 Å². The molecular weight excluding hydrogens is 1820 g/mol. The summed E-state index contributed by atoms with van der Waals surface area (Å²) in [6, 6.07) is 99.0. The van der Waals surface area contributed by atoms with Gasteiger partial charge in [-0.1, -0.05) is 365 Å². The number of unbranched alkanes of at least 4 members (excludes halogenated alkanes) is 8. The largest absolute Gasteiger partial charge is 0.506 e. The predicted molar refractivity (Wildman–Crippen MR) is 608 cm³/mol. The third-order valence-electron chi connectivity index (χ3n) is 25.9. The monoisotopic (exact) mass is 1970 g/mol. The molecule has 4 aromatic heterocycles. The van der Waals surface area contributed by atoms with Gasteiger partial charge in [0.2, 0.25) is 0 Å². The average Bonchev–Trinajstić information content (AvgIpc) is 1.05. The number of methoxy groups -OCH3 is 1. The molecule has 742 valence electrons. The first-order valence-corrected chi connectivity index (χ1v) is 55.5. The highest BCUT2D eigenvalue weighted by Crippen LogP contribution is 2.43. The molecule has 4 unspecified atom stereocenters. The second-order valence-electron chi connectivity index (χ2n) is 37.8. The number of aryl methyl sites for hydroxylation is 7. The molecule has 0 spiro atoms. The molecule has 0 saturated heterocycles. The van der Waals surface area contributed by atoms with E-state index in [1.165, 1.54) is 188 Å². The molecule has 16 rings (SSSR count). The van der Waals surface area contributed by atoms with Crippen molar-refractivity contribution in [1.82, 2.24) is 30.6 Å². The highest BCUT2D eigenvalue weighted by atomic mass is 32.1. The van der Waals surface area contributed by atoms with Crippen LogP contribution in [0.15, 0.2) is 307 Å². The first kappa shape index (κ1) is 109. The summed E-state index contributed by atoms with van der Waals surface area (Å²) >= 11 is 6.88. The summed E-state index contributed by atoms with van der Waals surface area (Å²) < 4.78 is 5.58. The number of hydrogen-bond donors (Lipinski definition) is 6. The maximum atomic E-state index is 11.6. The fraction of sp³-hybridized carbons (Fsp3) is 0.341. The molecule has 0 aliphatic rings. The third kappa shape index (κ3) is 32.5. The van der Waals surface area contributed by atoms with Crippen LogP contribution in [-0.2, 0) is 50.4 Å². The second kappa shape index (κ2) is 57.9. The normalized spacial score (nSPS) is 12.0. The number of benzene rings is 12. The summed E-state index contributed by atoms with van der Waals surface area (Å²) in [4.78, 5) is 31.2. The van der Waals surface area contributed by atoms with Crippen molar-refractivity contribution >= 4 is 73.5 Å². The average molecular weight is 1970 g/mol. The zero-order valence-corrected chi connectivity index (χ0v) is 89.3. The van der Waals surface area contributed by atoms with Crippen molar-refractivity contribution in [2.45, 2.75) is 260 Å². The smallest absolute Gasteiger partial charge is 0.339 e. The van der Waals surface area contributed by atoms with E-state index in [0.29, 0.717) is 5.56 Å². The Labute approximate surface area is 863 Å². The van der Waals surface area contributed by atoms with Crippen LogP contribution in [-0.4, -0.2) is 56.3 Å². The number of fused-ring (bicyclic) bond motifs is 1. The first-order chi connectivity index (χ1) is 69.4. The Morgan fingerprint density at radius 1 is 0.380 bits per heavy atom. The van der Waals surface area contributed by atoms with Gasteiger partial charge in [-0.05, 0) is 246 Å². The van der Waals surface area contributed by atoms with Gasteiger partial charge in [-0.3, -0.25) is 0 Å². The summed E-state index contributed by atoms with van der Waals surface area (Å²) in [5.41, 5.74) is 25.7. The Bertz CT molecular complexity index is 6320. The Hall–Kier alpha value is -12.0. The Morgan fingerprint density at radius 3 is 1.27 bits per heavy atom. The number of carboxylic acid groups (broad SMARTS) is 1. The summed E-state index contributed by atoms with van der Waals surface area (Å²) in [6.45, 7) is 28.2. The Balaban J connectivity index is 0.000000159. The van der Waals surface area contributed by atoms with Crippen LogP contribution in [0, 0.1) is 0 Å². The van der Waals surface area contributed by atoms with E-state index in [1.54, 1.807) is 58.5 Å². The molecule has 0 saturated carbocycles. The Morgan fingerprint density at radius 2 is 0.796 bits per heavy atom. The van der Waals surface area contributed by atoms with Gasteiger partial charge in [0, 0.05) is 61.3 Å². The van der Waals surface area contributed by atoms with Crippen molar-refractivity contribution in [3.05, 3.63) is 400 Å². The number of rotatable bonds is 45. The molecule has 16 aromatic rings. The number of nitrogens with zero attached hydrogens (tertiary/aromatic N) is 4. The number of carboxylic acids is 1. The Kier molecular flexibility index (Phi) is 44.4. The topological polar surface area (TPSA) is 166 Å². The van der Waals surface area contributed by atoms with Gasteiger partial charge >= 0.3 is 5.97 Å². The number of aromatic carboxylic acids is 1. The highest BCUT2D eigenvalue weighted by Gasteiger charge is 2.27. The van der Waals surface area contributed by atoms with Gasteiger partial charge < -0.3 is 36.2 Å². The number of hydrogen-bond acceptors (Lipinski definition) is 15. The van der Waals surface area contributed by atoms with Crippen LogP contribution in [0.4, 0.5) is 11.4 Å². The van der Waals surface area contributed by atoms with E-state index < -0.39 is 5.97 Å². The lowest BCUT2D eigenvalue weighted by Crippen LogP contribution is -2.23. The molecule has 4 atom stereocenters. The first-order valence-electron chi connectivity index (χ1n) is 52.0. The molecule has 0 bridgehead atoms. The maximum Gasteiger partial charge on any atom is 0.339 e. The number of para-hydroxylation sites is 1. The van der Waals surface area contributed by atoms with E-state index >= 15 is 0 Å². The number of phenols is 1. The van der Waals surface area contributed by atoms with Gasteiger partial charge in [0.25, 0.3) is 0 Å². The van der Waals surface area contributed by atoms with Crippen molar-refractivity contribution in [3.8, 4) is 55.7 Å². The number of anilines is 2. The summed E-state index contributed by atoms with van der Waals surface area (Å²) in [5.74, 6) is -0.469. The molecule has 12 aromatic carbocycles. The van der Waals surface area contributed by atoms with Gasteiger partial charge in [0.1, 0.15) is 49.2 Å². The minimum absolute atomic E-state index is 0.0230. The van der Waals surface area contributed by atoms with Crippen LogP contribution in [0.1, 0.15) is 308 Å². The number of nitrogens with one attached hydrogen (secondary N) is 4. The van der Waals surface area contributed by atoms with Crippen molar-refractivity contribution < 1.29 is 19.7 Å². The zero-order chi connectivity index (χ0) is 100. The molecule has 142 heavy (non-hydrogen) atoms. The number of thiazole rings is 4.